The van der Waals surface area contributed by atoms with E-state index >= 15 is 0 Å². The van der Waals surface area contributed by atoms with E-state index in [4.69, 9.17) is 9.15 Å². The van der Waals surface area contributed by atoms with Crippen LogP contribution in [0.15, 0.2) is 41.1 Å². The summed E-state index contributed by atoms with van der Waals surface area (Å²) in [4.78, 5) is 21.1. The Hall–Kier alpha value is -2.18. The van der Waals surface area contributed by atoms with E-state index in [2.05, 4.69) is 16.9 Å². The summed E-state index contributed by atoms with van der Waals surface area (Å²) in [6.07, 6.45) is 4.43. The number of carbonyl (C=O) groups is 1. The van der Waals surface area contributed by atoms with E-state index in [9.17, 15) is 4.79 Å². The fourth-order valence-corrected chi connectivity index (χ4v) is 4.18. The lowest BCUT2D eigenvalue weighted by atomic mass is 9.84. The Morgan fingerprint density at radius 1 is 1.38 bits per heavy atom. The predicted octanol–water partition coefficient (Wildman–Crippen LogP) is 2.35. The molecule has 0 radical (unpaired) electrons. The number of hydrogen-bond donors (Lipinski definition) is 0. The van der Waals surface area contributed by atoms with Crippen LogP contribution in [-0.2, 0) is 11.3 Å². The van der Waals surface area contributed by atoms with Crippen LogP contribution in [0.4, 0.5) is 0 Å². The fraction of sp³-hybridized carbons (Fsp3) is 0.500. The van der Waals surface area contributed by atoms with Crippen molar-refractivity contribution in [3.63, 3.8) is 0 Å². The summed E-state index contributed by atoms with van der Waals surface area (Å²) in [5.74, 6) is 0.962. The van der Waals surface area contributed by atoms with Gasteiger partial charge in [0.05, 0.1) is 30.7 Å². The summed E-state index contributed by atoms with van der Waals surface area (Å²) >= 11 is 0. The van der Waals surface area contributed by atoms with Crippen LogP contribution in [0.5, 0.6) is 0 Å². The number of amides is 1. The summed E-state index contributed by atoms with van der Waals surface area (Å²) in [7, 11) is 2.15. The van der Waals surface area contributed by atoms with Crippen molar-refractivity contribution < 1.29 is 13.9 Å². The first-order chi connectivity index (χ1) is 12.6. The van der Waals surface area contributed by atoms with Gasteiger partial charge in [0.15, 0.2) is 5.76 Å². The van der Waals surface area contributed by atoms with Crippen molar-refractivity contribution >= 4 is 5.91 Å². The number of carbonyl (C=O) groups excluding carboxylic acids is 1. The second-order valence-electron chi connectivity index (χ2n) is 7.61. The van der Waals surface area contributed by atoms with Crippen LogP contribution in [-0.4, -0.2) is 59.5 Å². The molecule has 2 aromatic rings. The molecule has 2 aliphatic heterocycles. The molecule has 0 unspecified atom stereocenters. The lowest BCUT2D eigenvalue weighted by molar-refractivity contribution is -0.00992. The van der Waals surface area contributed by atoms with Crippen LogP contribution in [0.3, 0.4) is 0 Å². The lowest BCUT2D eigenvalue weighted by Crippen LogP contribution is -2.68. The summed E-state index contributed by atoms with van der Waals surface area (Å²) in [6, 6.07) is 7.70. The van der Waals surface area contributed by atoms with Gasteiger partial charge in [0, 0.05) is 31.4 Å². The van der Waals surface area contributed by atoms with E-state index < -0.39 is 0 Å². The highest BCUT2D eigenvalue weighted by atomic mass is 16.5. The molecule has 2 aromatic heterocycles. The van der Waals surface area contributed by atoms with Gasteiger partial charge in [-0.25, -0.2) is 0 Å². The number of ether oxygens (including phenoxy) is 1. The molecular formula is C20H25N3O3. The Morgan fingerprint density at radius 2 is 2.23 bits per heavy atom. The molecule has 2 aliphatic rings. The van der Waals surface area contributed by atoms with Crippen LogP contribution >= 0.6 is 0 Å². The van der Waals surface area contributed by atoms with E-state index in [1.165, 1.54) is 0 Å². The molecule has 1 spiro atoms. The lowest BCUT2D eigenvalue weighted by Gasteiger charge is -2.51. The third kappa shape index (κ3) is 3.15. The zero-order valence-corrected chi connectivity index (χ0v) is 15.4. The monoisotopic (exact) mass is 355 g/mol. The molecule has 1 atom stereocenters. The van der Waals surface area contributed by atoms with Gasteiger partial charge in [-0.1, -0.05) is 6.07 Å². The average molecular weight is 355 g/mol. The third-order valence-electron chi connectivity index (χ3n) is 5.65. The summed E-state index contributed by atoms with van der Waals surface area (Å²) < 4.78 is 11.2. The van der Waals surface area contributed by atoms with Crippen LogP contribution < -0.4 is 0 Å². The number of rotatable bonds is 5. The molecule has 0 aliphatic carbocycles. The molecule has 0 aromatic carbocycles. The summed E-state index contributed by atoms with van der Waals surface area (Å²) in [5, 5.41) is 0. The van der Waals surface area contributed by atoms with Crippen LogP contribution in [0.25, 0.3) is 0 Å². The third-order valence-corrected chi connectivity index (χ3v) is 5.65. The molecule has 6 heteroatoms. The number of hydrogen-bond acceptors (Lipinski definition) is 5. The number of nitrogens with zero attached hydrogens (tertiary/aromatic N) is 3. The molecule has 2 fully saturated rings. The van der Waals surface area contributed by atoms with E-state index in [0.717, 1.165) is 43.9 Å². The van der Waals surface area contributed by atoms with Crippen molar-refractivity contribution in [1.82, 2.24) is 14.8 Å². The van der Waals surface area contributed by atoms with E-state index in [0.29, 0.717) is 18.3 Å². The molecule has 0 bridgehead atoms. The molecule has 1 amide bonds. The molecule has 0 saturated carbocycles. The predicted molar refractivity (Wildman–Crippen MR) is 96.7 cm³/mol. The van der Waals surface area contributed by atoms with Gasteiger partial charge >= 0.3 is 0 Å². The molecule has 4 rings (SSSR count). The molecule has 6 nitrogen and oxygen atoms in total. The Bertz CT molecular complexity index is 768. The van der Waals surface area contributed by atoms with Gasteiger partial charge in [-0.2, -0.15) is 0 Å². The van der Waals surface area contributed by atoms with Crippen molar-refractivity contribution in [2.45, 2.75) is 25.5 Å². The number of likely N-dealkylation sites (tertiary alicyclic amines) is 2. The zero-order valence-electron chi connectivity index (χ0n) is 15.4. The first-order valence-electron chi connectivity index (χ1n) is 9.10. The number of furan rings is 1. The molecule has 0 N–H and O–H groups in total. The standard InChI is InChI=1S/C20H25N3O3/c1-15-6-8-26-18(15)19(24)23-13-20(14-23)9-16(10-22(20)2)11-25-12-17-5-3-4-7-21-17/h3-8,16H,9-14H2,1-2H3/t16-/m1/s1. The Morgan fingerprint density at radius 3 is 2.92 bits per heavy atom. The van der Waals surface area contributed by atoms with E-state index in [1.807, 2.05) is 36.1 Å². The highest BCUT2D eigenvalue weighted by molar-refractivity contribution is 5.93. The molecule has 26 heavy (non-hydrogen) atoms. The number of pyridine rings is 1. The van der Waals surface area contributed by atoms with Crippen molar-refractivity contribution in [2.75, 3.05) is 33.3 Å². The molecule has 4 heterocycles. The van der Waals surface area contributed by atoms with E-state index in [1.54, 1.807) is 12.5 Å². The second kappa shape index (κ2) is 6.85. The Kier molecular flexibility index (Phi) is 4.54. The van der Waals surface area contributed by atoms with Crippen LogP contribution in [0, 0.1) is 12.8 Å². The number of likely N-dealkylation sites (N-methyl/N-ethyl adjacent to an activating group) is 1. The maximum Gasteiger partial charge on any atom is 0.289 e. The van der Waals surface area contributed by atoms with Crippen LogP contribution in [0.1, 0.15) is 28.2 Å². The van der Waals surface area contributed by atoms with Crippen molar-refractivity contribution in [3.05, 3.63) is 53.7 Å². The maximum atomic E-state index is 12.5. The minimum Gasteiger partial charge on any atom is -0.459 e. The minimum atomic E-state index is 0.00127. The first kappa shape index (κ1) is 17.2. The summed E-state index contributed by atoms with van der Waals surface area (Å²) in [6.45, 7) is 5.72. The van der Waals surface area contributed by atoms with Gasteiger partial charge in [-0.05, 0) is 44.5 Å². The van der Waals surface area contributed by atoms with Crippen molar-refractivity contribution in [2.24, 2.45) is 5.92 Å². The number of aryl methyl sites for hydroxylation is 1. The topological polar surface area (TPSA) is 58.8 Å². The largest absolute Gasteiger partial charge is 0.459 e. The Labute approximate surface area is 153 Å². The maximum absolute atomic E-state index is 12.5. The minimum absolute atomic E-state index is 0.00127. The highest BCUT2D eigenvalue weighted by Crippen LogP contribution is 2.40. The van der Waals surface area contributed by atoms with Gasteiger partial charge in [0.25, 0.3) is 5.91 Å². The highest BCUT2D eigenvalue weighted by Gasteiger charge is 2.53. The van der Waals surface area contributed by atoms with Gasteiger partial charge in [0.1, 0.15) is 0 Å². The summed E-state index contributed by atoms with van der Waals surface area (Å²) in [5.41, 5.74) is 1.95. The van der Waals surface area contributed by atoms with E-state index in [-0.39, 0.29) is 11.4 Å². The SMILES string of the molecule is Cc1ccoc1C(=O)N1CC2(C[C@@H](COCc3ccccn3)CN2C)C1. The number of aromatic nitrogens is 1. The Balaban J connectivity index is 1.28. The molecule has 138 valence electrons. The van der Waals surface area contributed by atoms with Crippen molar-refractivity contribution in [1.29, 1.82) is 0 Å². The smallest absolute Gasteiger partial charge is 0.289 e. The molecular weight excluding hydrogens is 330 g/mol. The normalized spacial score (nSPS) is 21.9. The van der Waals surface area contributed by atoms with Gasteiger partial charge < -0.3 is 14.1 Å². The van der Waals surface area contributed by atoms with Gasteiger partial charge in [0.2, 0.25) is 0 Å². The first-order valence-corrected chi connectivity index (χ1v) is 9.10. The van der Waals surface area contributed by atoms with Crippen molar-refractivity contribution in [3.8, 4) is 0 Å². The molecule has 2 saturated heterocycles. The van der Waals surface area contributed by atoms with Gasteiger partial charge in [-0.3, -0.25) is 14.7 Å². The zero-order chi connectivity index (χ0) is 18.1. The second-order valence-corrected chi connectivity index (χ2v) is 7.61. The van der Waals surface area contributed by atoms with Crippen LogP contribution in [0.2, 0.25) is 0 Å². The fourth-order valence-electron chi connectivity index (χ4n) is 4.18. The quantitative estimate of drug-likeness (QED) is 0.824. The van der Waals surface area contributed by atoms with Gasteiger partial charge in [-0.15, -0.1) is 0 Å². The average Bonchev–Trinajstić information content (AvgIpc) is 3.17.